The molecule has 9 aromatic carbocycles. The zero-order valence-electron chi connectivity index (χ0n) is 30.8. The van der Waals surface area contributed by atoms with E-state index in [-0.39, 0.29) is 0 Å². The second-order valence-electron chi connectivity index (χ2n) is 14.3. The van der Waals surface area contributed by atoms with Crippen LogP contribution in [0.15, 0.2) is 200 Å². The fraction of sp³-hybridized carbons (Fsp3) is 0. The van der Waals surface area contributed by atoms with Crippen molar-refractivity contribution in [1.82, 2.24) is 15.0 Å². The van der Waals surface area contributed by atoms with E-state index in [2.05, 4.69) is 182 Å². The highest BCUT2D eigenvalue weighted by Crippen LogP contribution is 2.47. The molecule has 0 radical (unpaired) electrons. The molecular weight excluding hydrogens is 711 g/mol. The maximum atomic E-state index is 5.49. The Morgan fingerprint density at radius 3 is 1.56 bits per heavy atom. The number of benzene rings is 9. The predicted octanol–water partition coefficient (Wildman–Crippen LogP) is 14.5. The van der Waals surface area contributed by atoms with Crippen molar-refractivity contribution in [3.8, 4) is 67.5 Å². The van der Waals surface area contributed by atoms with Gasteiger partial charge in [0.2, 0.25) is 0 Å². The van der Waals surface area contributed by atoms with Crippen molar-refractivity contribution < 1.29 is 0 Å². The maximum absolute atomic E-state index is 5.49. The van der Waals surface area contributed by atoms with Gasteiger partial charge in [-0.05, 0) is 67.1 Å². The fourth-order valence-electron chi connectivity index (χ4n) is 8.34. The zero-order valence-corrected chi connectivity index (χ0v) is 31.6. The number of aromatic nitrogens is 3. The summed E-state index contributed by atoms with van der Waals surface area (Å²) in [5, 5.41) is 7.00. The smallest absolute Gasteiger partial charge is 0.165 e. The molecule has 0 aliphatic heterocycles. The topological polar surface area (TPSA) is 38.7 Å². The van der Waals surface area contributed by atoms with E-state index in [0.717, 1.165) is 44.2 Å². The molecule has 0 fully saturated rings. The first-order valence-corrected chi connectivity index (χ1v) is 20.0. The molecule has 0 bridgehead atoms. The molecule has 0 unspecified atom stereocenters. The average Bonchev–Trinajstić information content (AvgIpc) is 3.68. The van der Waals surface area contributed by atoms with Gasteiger partial charge in [-0.1, -0.05) is 188 Å². The van der Waals surface area contributed by atoms with E-state index in [0.29, 0.717) is 17.5 Å². The number of thiophene rings is 1. The van der Waals surface area contributed by atoms with E-state index >= 15 is 0 Å². The summed E-state index contributed by atoms with van der Waals surface area (Å²) in [4.78, 5) is 16.1. The van der Waals surface area contributed by atoms with Crippen LogP contribution in [0.4, 0.5) is 0 Å². The molecule has 2 heterocycles. The van der Waals surface area contributed by atoms with Crippen LogP contribution < -0.4 is 0 Å². The van der Waals surface area contributed by atoms with Gasteiger partial charge in [-0.25, -0.2) is 15.0 Å². The van der Waals surface area contributed by atoms with Crippen LogP contribution in [-0.4, -0.2) is 15.0 Å². The van der Waals surface area contributed by atoms with Gasteiger partial charge in [-0.3, -0.25) is 0 Å². The molecule has 0 aliphatic rings. The van der Waals surface area contributed by atoms with Gasteiger partial charge in [-0.2, -0.15) is 0 Å². The van der Waals surface area contributed by atoms with Gasteiger partial charge in [0.05, 0.1) is 0 Å². The molecule has 0 aliphatic carbocycles. The highest BCUT2D eigenvalue weighted by Gasteiger charge is 2.23. The number of nitrogens with zero attached hydrogens (tertiary/aromatic N) is 3. The SMILES string of the molecule is c1ccc(-c2nc(-c3c(-c4c(-c5ccccc5-c5ccccc5)ccc5ccccc45)ccc4ccccc34)nc(-c3cccc4c3sc3ccccc34)n2)cc1. The first kappa shape index (κ1) is 33.1. The number of fused-ring (bicyclic) bond motifs is 5. The molecule has 0 amide bonds. The minimum Gasteiger partial charge on any atom is -0.208 e. The van der Waals surface area contributed by atoms with Crippen molar-refractivity contribution in [2.75, 3.05) is 0 Å². The Bertz CT molecular complexity index is 3300. The van der Waals surface area contributed by atoms with Crippen molar-refractivity contribution in [2.24, 2.45) is 0 Å². The number of rotatable bonds is 6. The predicted molar refractivity (Wildman–Crippen MR) is 240 cm³/mol. The second-order valence-corrected chi connectivity index (χ2v) is 15.3. The molecule has 2 aromatic heterocycles. The number of hydrogen-bond acceptors (Lipinski definition) is 4. The standard InChI is InChI=1S/C53H33N3S/c1-3-16-34(17-4-1)38-22-11-12-25-41(38)43-32-30-35-18-7-9-23-39(35)48(43)45-33-31-36-19-8-10-24-40(36)49(45)53-55-51(37-20-5-2-6-21-37)54-52(56-53)46-28-15-27-44-42-26-13-14-29-47(42)57-50(44)46/h1-33H. The van der Waals surface area contributed by atoms with Crippen LogP contribution in [0.25, 0.3) is 109 Å². The Balaban J connectivity index is 1.24. The lowest BCUT2D eigenvalue weighted by Crippen LogP contribution is -2.02. The van der Waals surface area contributed by atoms with E-state index in [1.165, 1.54) is 47.6 Å². The Hall–Kier alpha value is -7.27. The molecule has 4 heteroatoms. The highest BCUT2D eigenvalue weighted by molar-refractivity contribution is 7.26. The summed E-state index contributed by atoms with van der Waals surface area (Å²) in [5.41, 5.74) is 9.81. The van der Waals surface area contributed by atoms with Crippen LogP contribution in [0.3, 0.4) is 0 Å². The van der Waals surface area contributed by atoms with Gasteiger partial charge in [0.25, 0.3) is 0 Å². The molecule has 11 rings (SSSR count). The summed E-state index contributed by atoms with van der Waals surface area (Å²) < 4.78 is 2.41. The molecule has 0 atom stereocenters. The molecule has 266 valence electrons. The summed E-state index contributed by atoms with van der Waals surface area (Å²) in [6.45, 7) is 0. The zero-order chi connectivity index (χ0) is 37.7. The van der Waals surface area contributed by atoms with E-state index in [9.17, 15) is 0 Å². The molecule has 57 heavy (non-hydrogen) atoms. The Kier molecular flexibility index (Phi) is 8.01. The Labute approximate surface area is 334 Å². The number of hydrogen-bond donors (Lipinski definition) is 0. The van der Waals surface area contributed by atoms with Gasteiger partial charge in [0, 0.05) is 36.9 Å². The van der Waals surface area contributed by atoms with E-state index in [1.807, 2.05) is 18.2 Å². The van der Waals surface area contributed by atoms with Gasteiger partial charge in [-0.15, -0.1) is 11.3 Å². The normalized spacial score (nSPS) is 11.5. The second kappa shape index (κ2) is 13.8. The van der Waals surface area contributed by atoms with Gasteiger partial charge in [0.1, 0.15) is 0 Å². The first-order valence-electron chi connectivity index (χ1n) is 19.2. The molecule has 0 spiro atoms. The maximum Gasteiger partial charge on any atom is 0.165 e. The van der Waals surface area contributed by atoms with Crippen molar-refractivity contribution in [3.05, 3.63) is 200 Å². The highest BCUT2D eigenvalue weighted by atomic mass is 32.1. The van der Waals surface area contributed by atoms with Crippen molar-refractivity contribution in [3.63, 3.8) is 0 Å². The van der Waals surface area contributed by atoms with Crippen LogP contribution in [0, 0.1) is 0 Å². The molecule has 3 nitrogen and oxygen atoms in total. The lowest BCUT2D eigenvalue weighted by atomic mass is 9.84. The van der Waals surface area contributed by atoms with Crippen molar-refractivity contribution in [1.29, 1.82) is 0 Å². The average molecular weight is 744 g/mol. The lowest BCUT2D eigenvalue weighted by molar-refractivity contribution is 1.08. The third kappa shape index (κ3) is 5.69. The van der Waals surface area contributed by atoms with E-state index < -0.39 is 0 Å². The van der Waals surface area contributed by atoms with Crippen LogP contribution >= 0.6 is 11.3 Å². The minimum atomic E-state index is 0.638. The summed E-state index contributed by atoms with van der Waals surface area (Å²) in [6.07, 6.45) is 0. The molecular formula is C53H33N3S. The van der Waals surface area contributed by atoms with E-state index in [4.69, 9.17) is 15.0 Å². The first-order chi connectivity index (χ1) is 28.3. The van der Waals surface area contributed by atoms with Crippen molar-refractivity contribution in [2.45, 2.75) is 0 Å². The molecule has 0 saturated heterocycles. The summed E-state index contributed by atoms with van der Waals surface area (Å²) in [5.74, 6) is 1.93. The third-order valence-corrected chi connectivity index (χ3v) is 12.2. The summed E-state index contributed by atoms with van der Waals surface area (Å²) >= 11 is 1.79. The molecule has 11 aromatic rings. The minimum absolute atomic E-state index is 0.638. The third-order valence-electron chi connectivity index (χ3n) is 11.0. The summed E-state index contributed by atoms with van der Waals surface area (Å²) in [7, 11) is 0. The van der Waals surface area contributed by atoms with Gasteiger partial charge < -0.3 is 0 Å². The summed E-state index contributed by atoms with van der Waals surface area (Å²) in [6, 6.07) is 71.1. The monoisotopic (exact) mass is 743 g/mol. The van der Waals surface area contributed by atoms with Crippen LogP contribution in [-0.2, 0) is 0 Å². The Morgan fingerprint density at radius 1 is 0.281 bits per heavy atom. The molecule has 0 saturated carbocycles. The van der Waals surface area contributed by atoms with Crippen LogP contribution in [0.5, 0.6) is 0 Å². The fourth-order valence-corrected chi connectivity index (χ4v) is 9.55. The molecule has 0 N–H and O–H groups in total. The van der Waals surface area contributed by atoms with Crippen molar-refractivity contribution >= 4 is 53.1 Å². The van der Waals surface area contributed by atoms with Crippen LogP contribution in [0.2, 0.25) is 0 Å². The largest absolute Gasteiger partial charge is 0.208 e. The van der Waals surface area contributed by atoms with Gasteiger partial charge in [0.15, 0.2) is 17.5 Å². The Morgan fingerprint density at radius 2 is 0.807 bits per heavy atom. The quantitative estimate of drug-likeness (QED) is 0.170. The lowest BCUT2D eigenvalue weighted by Gasteiger charge is -2.20. The van der Waals surface area contributed by atoms with E-state index in [1.54, 1.807) is 11.3 Å². The van der Waals surface area contributed by atoms with Gasteiger partial charge >= 0.3 is 0 Å². The van der Waals surface area contributed by atoms with Crippen LogP contribution in [0.1, 0.15) is 0 Å².